The van der Waals surface area contributed by atoms with Crippen LogP contribution >= 0.6 is 11.6 Å². The summed E-state index contributed by atoms with van der Waals surface area (Å²) >= 11 is 5.98. The predicted octanol–water partition coefficient (Wildman–Crippen LogP) is 6.00. The van der Waals surface area contributed by atoms with E-state index in [1.807, 2.05) is 44.2 Å². The number of amides is 4. The summed E-state index contributed by atoms with van der Waals surface area (Å²) in [6, 6.07) is 13.4. The van der Waals surface area contributed by atoms with Crippen molar-refractivity contribution in [3.05, 3.63) is 71.3 Å². The summed E-state index contributed by atoms with van der Waals surface area (Å²) in [5.41, 5.74) is 5.02. The number of carbonyl (C=O) groups excluding carboxylic acids is 5. The Morgan fingerprint density at radius 3 is 1.92 bits per heavy atom. The summed E-state index contributed by atoms with van der Waals surface area (Å²) in [4.78, 5) is 72.9. The molecule has 0 unspecified atom stereocenters. The summed E-state index contributed by atoms with van der Waals surface area (Å²) < 4.78 is 9.62. The Bertz CT molecular complexity index is 1470. The average molecular weight is 758 g/mol. The number of ether oxygens (including phenoxy) is 2. The topological polar surface area (TPSA) is 156 Å². The van der Waals surface area contributed by atoms with Crippen LogP contribution in [0.15, 0.2) is 54.6 Å². The number of carbonyl (C=O) groups is 5. The van der Waals surface area contributed by atoms with Crippen molar-refractivity contribution < 1.29 is 38.3 Å². The molecule has 3 atom stereocenters. The van der Waals surface area contributed by atoms with Crippen molar-refractivity contribution in [3.8, 4) is 0 Å². The van der Waals surface area contributed by atoms with Gasteiger partial charge in [0.1, 0.15) is 12.1 Å². The minimum atomic E-state index is -1.12. The normalized spacial score (nSPS) is 14.9. The van der Waals surface area contributed by atoms with E-state index in [-0.39, 0.29) is 29.8 Å². The molecule has 0 saturated heterocycles. The summed E-state index contributed by atoms with van der Waals surface area (Å²) in [5, 5.41) is 8.05. The molecule has 0 aliphatic heterocycles. The summed E-state index contributed by atoms with van der Waals surface area (Å²) in [5.74, 6) is -2.09. The van der Waals surface area contributed by atoms with Gasteiger partial charge in [-0.15, -0.1) is 11.6 Å². The summed E-state index contributed by atoms with van der Waals surface area (Å²) in [7, 11) is 2.43. The minimum Gasteiger partial charge on any atom is -0.453 e. The largest absolute Gasteiger partial charge is 0.453 e. The fourth-order valence-corrected chi connectivity index (χ4v) is 6.49. The molecular formula is C39H56ClN5O8. The van der Waals surface area contributed by atoms with Gasteiger partial charge in [-0.25, -0.2) is 19.4 Å². The molecule has 0 heterocycles. The lowest BCUT2D eigenvalue weighted by Gasteiger charge is -2.38. The van der Waals surface area contributed by atoms with Crippen LogP contribution in [-0.2, 0) is 36.2 Å². The zero-order chi connectivity index (χ0) is 38.9. The molecule has 0 aromatic heterocycles. The molecule has 53 heavy (non-hydrogen) atoms. The highest BCUT2D eigenvalue weighted by Gasteiger charge is 2.38. The lowest BCUT2D eigenvalue weighted by atomic mass is 9.89. The van der Waals surface area contributed by atoms with Gasteiger partial charge in [-0.2, -0.15) is 5.06 Å². The van der Waals surface area contributed by atoms with E-state index in [0.717, 1.165) is 48.3 Å². The molecule has 292 valence electrons. The molecule has 0 radical (unpaired) electrons. The van der Waals surface area contributed by atoms with Crippen molar-refractivity contribution in [1.82, 2.24) is 26.1 Å². The maximum absolute atomic E-state index is 14.6. The SMILES string of the molecule is COC(=O)N[C@H](C(=O)NN(CC1CCCCC1)C[C@H](CCc1ccccc1)N(OC(=O)c1ccc(CCl)cc1)C(=O)[C@@H](NC(=O)OC)C(C)C)C(C)C. The third kappa shape index (κ3) is 13.9. The smallest absolute Gasteiger partial charge is 0.407 e. The highest BCUT2D eigenvalue weighted by molar-refractivity contribution is 6.17. The van der Waals surface area contributed by atoms with Gasteiger partial charge in [0.25, 0.3) is 11.8 Å². The van der Waals surface area contributed by atoms with Crippen LogP contribution in [0, 0.1) is 17.8 Å². The first-order chi connectivity index (χ1) is 25.4. The average Bonchev–Trinajstić information content (AvgIpc) is 3.16. The zero-order valence-corrected chi connectivity index (χ0v) is 32.5. The predicted molar refractivity (Wildman–Crippen MR) is 201 cm³/mol. The first-order valence-electron chi connectivity index (χ1n) is 18.3. The molecule has 1 aliphatic rings. The van der Waals surface area contributed by atoms with E-state index in [4.69, 9.17) is 25.9 Å². The molecule has 1 aliphatic carbocycles. The Morgan fingerprint density at radius 1 is 0.792 bits per heavy atom. The Morgan fingerprint density at radius 2 is 1.38 bits per heavy atom. The standard InChI is InChI=1S/C39H56ClN5O8/c1-26(2)33(41-38(49)51-5)35(46)43-44(24-30-15-11-8-12-16-30)25-32(22-19-28-13-9-7-10-14-28)45(36(47)34(27(3)4)42-39(50)52-6)53-37(48)31-20-17-29(23-40)18-21-31/h7,9-10,13-14,17-18,20-21,26-27,30,32-34H,8,11-12,15-16,19,22-25H2,1-6H3,(H,41,49)(H,42,50)(H,43,46)/t32-,33-,34-/m0/s1. The Balaban J connectivity index is 2.10. The Labute approximate surface area is 318 Å². The molecule has 0 bridgehead atoms. The quantitative estimate of drug-likeness (QED) is 0.130. The molecule has 14 heteroatoms. The van der Waals surface area contributed by atoms with Crippen molar-refractivity contribution in [2.24, 2.45) is 17.8 Å². The van der Waals surface area contributed by atoms with Gasteiger partial charge < -0.3 is 24.9 Å². The number of nitrogens with zero attached hydrogens (tertiary/aromatic N) is 2. The van der Waals surface area contributed by atoms with Gasteiger partial charge in [0.05, 0.1) is 25.8 Å². The molecule has 13 nitrogen and oxygen atoms in total. The lowest BCUT2D eigenvalue weighted by molar-refractivity contribution is -0.184. The monoisotopic (exact) mass is 757 g/mol. The van der Waals surface area contributed by atoms with E-state index in [0.29, 0.717) is 19.4 Å². The first kappa shape index (κ1) is 43.0. The highest BCUT2D eigenvalue weighted by Crippen LogP contribution is 2.25. The van der Waals surface area contributed by atoms with E-state index < -0.39 is 54.0 Å². The summed E-state index contributed by atoms with van der Waals surface area (Å²) in [6.45, 7) is 7.67. The van der Waals surface area contributed by atoms with Crippen LogP contribution < -0.4 is 16.1 Å². The van der Waals surface area contributed by atoms with Gasteiger partial charge in [0.15, 0.2) is 0 Å². The number of benzene rings is 2. The van der Waals surface area contributed by atoms with Crippen LogP contribution in [0.2, 0.25) is 0 Å². The van der Waals surface area contributed by atoms with Gasteiger partial charge >= 0.3 is 18.2 Å². The Kier molecular flexibility index (Phi) is 17.9. The fraction of sp³-hybridized carbons (Fsp3) is 0.564. The van der Waals surface area contributed by atoms with Crippen molar-refractivity contribution >= 4 is 41.6 Å². The van der Waals surface area contributed by atoms with E-state index >= 15 is 0 Å². The maximum Gasteiger partial charge on any atom is 0.407 e. The van der Waals surface area contributed by atoms with Gasteiger partial charge in [-0.3, -0.25) is 15.0 Å². The highest BCUT2D eigenvalue weighted by atomic mass is 35.5. The third-order valence-corrected chi connectivity index (χ3v) is 9.69. The first-order valence-corrected chi connectivity index (χ1v) is 18.9. The zero-order valence-electron chi connectivity index (χ0n) is 31.8. The molecular weight excluding hydrogens is 702 g/mol. The van der Waals surface area contributed by atoms with Crippen molar-refractivity contribution in [3.63, 3.8) is 0 Å². The van der Waals surface area contributed by atoms with Crippen LogP contribution in [-0.4, -0.2) is 85.5 Å². The van der Waals surface area contributed by atoms with E-state index in [9.17, 15) is 24.0 Å². The van der Waals surface area contributed by atoms with Gasteiger partial charge in [-0.1, -0.05) is 89.4 Å². The number of methoxy groups -OCH3 is 2. The van der Waals surface area contributed by atoms with Gasteiger partial charge in [-0.05, 0) is 66.7 Å². The van der Waals surface area contributed by atoms with Crippen molar-refractivity contribution in [2.75, 3.05) is 27.3 Å². The number of hydrogen-bond donors (Lipinski definition) is 3. The van der Waals surface area contributed by atoms with Crippen LogP contribution in [0.5, 0.6) is 0 Å². The second-order valence-electron chi connectivity index (χ2n) is 14.2. The molecule has 3 N–H and O–H groups in total. The number of alkyl carbamates (subject to hydrolysis) is 2. The molecule has 1 fully saturated rings. The van der Waals surface area contributed by atoms with Crippen LogP contribution in [0.1, 0.15) is 87.7 Å². The number of hydroxylamine groups is 2. The molecule has 2 aromatic carbocycles. The van der Waals surface area contributed by atoms with E-state index in [2.05, 4.69) is 16.1 Å². The Hall–Kier alpha value is -4.36. The van der Waals surface area contributed by atoms with Crippen molar-refractivity contribution in [1.29, 1.82) is 0 Å². The molecule has 1 saturated carbocycles. The fourth-order valence-electron chi connectivity index (χ4n) is 6.32. The third-order valence-electron chi connectivity index (χ3n) is 9.39. The number of hydrogen-bond acceptors (Lipinski definition) is 9. The van der Waals surface area contributed by atoms with Gasteiger partial charge in [0, 0.05) is 19.0 Å². The number of halogens is 1. The number of rotatable bonds is 17. The number of alkyl halides is 1. The van der Waals surface area contributed by atoms with Crippen LogP contribution in [0.3, 0.4) is 0 Å². The number of hydrazine groups is 1. The van der Waals surface area contributed by atoms with E-state index in [1.54, 1.807) is 43.1 Å². The number of aryl methyl sites for hydroxylation is 1. The van der Waals surface area contributed by atoms with Crippen LogP contribution in [0.4, 0.5) is 9.59 Å². The van der Waals surface area contributed by atoms with Gasteiger partial charge in [0.2, 0.25) is 0 Å². The second kappa shape index (κ2) is 22.0. The summed E-state index contributed by atoms with van der Waals surface area (Å²) in [6.07, 6.45) is 4.44. The minimum absolute atomic E-state index is 0.0609. The number of nitrogens with one attached hydrogen (secondary N) is 3. The molecule has 3 rings (SSSR count). The van der Waals surface area contributed by atoms with Crippen molar-refractivity contribution in [2.45, 2.75) is 96.6 Å². The molecule has 2 aromatic rings. The molecule has 0 spiro atoms. The lowest BCUT2D eigenvalue weighted by Crippen LogP contribution is -2.60. The van der Waals surface area contributed by atoms with E-state index in [1.165, 1.54) is 14.2 Å². The maximum atomic E-state index is 14.6. The van der Waals surface area contributed by atoms with Crippen LogP contribution in [0.25, 0.3) is 0 Å². The second-order valence-corrected chi connectivity index (χ2v) is 14.4. The molecule has 4 amide bonds.